The van der Waals surface area contributed by atoms with Crippen LogP contribution in [-0.2, 0) is 0 Å². The van der Waals surface area contributed by atoms with Gasteiger partial charge in [0.15, 0.2) is 0 Å². The Morgan fingerprint density at radius 1 is 1.08 bits per heavy atom. The highest BCUT2D eigenvalue weighted by molar-refractivity contribution is 6.18. The van der Waals surface area contributed by atoms with Crippen molar-refractivity contribution in [3.63, 3.8) is 0 Å². The van der Waals surface area contributed by atoms with E-state index in [1.165, 1.54) is 0 Å². The van der Waals surface area contributed by atoms with Crippen LogP contribution in [0.2, 0.25) is 0 Å². The van der Waals surface area contributed by atoms with Crippen molar-refractivity contribution in [1.82, 2.24) is 4.90 Å². The van der Waals surface area contributed by atoms with Crippen molar-refractivity contribution in [3.05, 3.63) is 0 Å². The molecule has 0 aromatic heterocycles. The third-order valence-electron chi connectivity index (χ3n) is 1.78. The van der Waals surface area contributed by atoms with Gasteiger partial charge in [-0.3, -0.25) is 4.90 Å². The molecule has 0 bridgehead atoms. The van der Waals surface area contributed by atoms with Crippen molar-refractivity contribution in [2.45, 2.75) is 11.8 Å². The molecule has 1 aliphatic heterocycles. The molecule has 72 valence electrons. The van der Waals surface area contributed by atoms with E-state index in [0.717, 1.165) is 4.90 Å². The molecule has 0 atom stereocenters. The number of halogens is 5. The Kier molecular flexibility index (Phi) is 2.54. The summed E-state index contributed by atoms with van der Waals surface area (Å²) >= 11 is 5.24. The maximum absolute atomic E-state index is 12.5. The van der Waals surface area contributed by atoms with Gasteiger partial charge in [-0.2, -0.15) is 17.6 Å². The molecular weight excluding hydrogens is 198 g/mol. The zero-order chi connectivity index (χ0) is 9.41. The monoisotopic (exact) mass is 205 g/mol. The molecule has 1 aliphatic rings. The first-order chi connectivity index (χ1) is 5.39. The number of likely N-dealkylation sites (tertiary alicyclic amines) is 1. The van der Waals surface area contributed by atoms with Gasteiger partial charge in [0, 0.05) is 12.4 Å². The lowest BCUT2D eigenvalue weighted by atomic mass is 10.2. The van der Waals surface area contributed by atoms with Gasteiger partial charge in [-0.25, -0.2) is 0 Å². The third kappa shape index (κ3) is 1.66. The molecule has 1 fully saturated rings. The van der Waals surface area contributed by atoms with Crippen LogP contribution in [0.5, 0.6) is 0 Å². The van der Waals surface area contributed by atoms with Crippen molar-refractivity contribution in [2.75, 3.05) is 25.5 Å². The lowest BCUT2D eigenvalue weighted by Gasteiger charge is -2.15. The predicted molar refractivity (Wildman–Crippen MR) is 37.1 cm³/mol. The van der Waals surface area contributed by atoms with Crippen LogP contribution in [0, 0.1) is 0 Å². The zero-order valence-electron chi connectivity index (χ0n) is 6.17. The van der Waals surface area contributed by atoms with Gasteiger partial charge in [0.25, 0.3) is 0 Å². The molecule has 6 heteroatoms. The quantitative estimate of drug-likeness (QED) is 0.491. The molecule has 0 spiro atoms. The fourth-order valence-corrected chi connectivity index (χ4v) is 1.37. The Labute approximate surface area is 72.3 Å². The molecule has 1 saturated heterocycles. The minimum Gasteiger partial charge on any atom is -0.290 e. The van der Waals surface area contributed by atoms with Gasteiger partial charge < -0.3 is 0 Å². The van der Waals surface area contributed by atoms with Crippen LogP contribution in [0.3, 0.4) is 0 Å². The van der Waals surface area contributed by atoms with E-state index in [2.05, 4.69) is 0 Å². The summed E-state index contributed by atoms with van der Waals surface area (Å²) in [6.07, 6.45) is 0. The minimum absolute atomic E-state index is 0.0761. The SMILES string of the molecule is FC1(F)CN(CCCl)CC1(F)F. The van der Waals surface area contributed by atoms with E-state index in [9.17, 15) is 17.6 Å². The van der Waals surface area contributed by atoms with E-state index in [4.69, 9.17) is 11.6 Å². The summed E-state index contributed by atoms with van der Waals surface area (Å²) < 4.78 is 49.8. The third-order valence-corrected chi connectivity index (χ3v) is 1.95. The van der Waals surface area contributed by atoms with Crippen LogP contribution >= 0.6 is 11.6 Å². The predicted octanol–water partition coefficient (Wildman–Crippen LogP) is 1.81. The Bertz CT molecular complexity index is 157. The molecule has 1 nitrogen and oxygen atoms in total. The largest absolute Gasteiger partial charge is 0.323 e. The summed E-state index contributed by atoms with van der Waals surface area (Å²) in [4.78, 5) is 0.965. The maximum atomic E-state index is 12.5. The standard InChI is InChI=1S/C6H8ClF4N/c7-1-2-12-3-5(8,9)6(10,11)4-12/h1-4H2. The van der Waals surface area contributed by atoms with Crippen LogP contribution in [0.25, 0.3) is 0 Å². The second-order valence-corrected chi connectivity index (χ2v) is 3.19. The molecule has 0 amide bonds. The van der Waals surface area contributed by atoms with E-state index in [-0.39, 0.29) is 12.4 Å². The molecule has 12 heavy (non-hydrogen) atoms. The van der Waals surface area contributed by atoms with Crippen molar-refractivity contribution in [1.29, 1.82) is 0 Å². The molecule has 0 radical (unpaired) electrons. The Balaban J connectivity index is 2.61. The first-order valence-electron chi connectivity index (χ1n) is 3.43. The summed E-state index contributed by atoms with van der Waals surface area (Å²) in [6.45, 7) is -1.72. The Morgan fingerprint density at radius 2 is 1.50 bits per heavy atom. The van der Waals surface area contributed by atoms with Crippen LogP contribution in [-0.4, -0.2) is 42.3 Å². The fourth-order valence-electron chi connectivity index (χ4n) is 1.13. The average Bonchev–Trinajstić information content (AvgIpc) is 2.02. The van der Waals surface area contributed by atoms with E-state index in [1.807, 2.05) is 0 Å². The molecule has 0 aliphatic carbocycles. The van der Waals surface area contributed by atoms with Crippen LogP contribution in [0.1, 0.15) is 0 Å². The van der Waals surface area contributed by atoms with Crippen LogP contribution in [0.4, 0.5) is 17.6 Å². The van der Waals surface area contributed by atoms with Crippen molar-refractivity contribution in [3.8, 4) is 0 Å². The van der Waals surface area contributed by atoms with E-state index >= 15 is 0 Å². The Hall–Kier alpha value is -0.0300. The smallest absolute Gasteiger partial charge is 0.290 e. The number of rotatable bonds is 2. The molecular formula is C6H8ClF4N. The summed E-state index contributed by atoms with van der Waals surface area (Å²) in [6, 6.07) is 0. The van der Waals surface area contributed by atoms with Gasteiger partial charge >= 0.3 is 11.8 Å². The summed E-state index contributed by atoms with van der Waals surface area (Å²) in [5, 5.41) is 0. The van der Waals surface area contributed by atoms with E-state index in [1.54, 1.807) is 0 Å². The molecule has 0 unspecified atom stereocenters. The van der Waals surface area contributed by atoms with Crippen molar-refractivity contribution in [2.24, 2.45) is 0 Å². The van der Waals surface area contributed by atoms with E-state index in [0.29, 0.717) is 0 Å². The minimum atomic E-state index is -3.90. The molecule has 0 saturated carbocycles. The fraction of sp³-hybridized carbons (Fsp3) is 1.00. The number of nitrogens with zero attached hydrogens (tertiary/aromatic N) is 1. The lowest BCUT2D eigenvalue weighted by Crippen LogP contribution is -2.38. The van der Waals surface area contributed by atoms with Gasteiger partial charge in [-0.1, -0.05) is 0 Å². The first kappa shape index (κ1) is 10.1. The molecule has 1 rings (SSSR count). The molecule has 0 aromatic rings. The number of hydrogen-bond acceptors (Lipinski definition) is 1. The second-order valence-electron chi connectivity index (χ2n) is 2.81. The van der Waals surface area contributed by atoms with Crippen LogP contribution < -0.4 is 0 Å². The highest BCUT2D eigenvalue weighted by atomic mass is 35.5. The molecule has 0 aromatic carbocycles. The second kappa shape index (κ2) is 3.03. The van der Waals surface area contributed by atoms with Crippen molar-refractivity contribution < 1.29 is 17.6 Å². The number of hydrogen-bond donors (Lipinski definition) is 0. The highest BCUT2D eigenvalue weighted by Crippen LogP contribution is 2.40. The van der Waals surface area contributed by atoms with Gasteiger partial charge in [-0.15, -0.1) is 11.6 Å². The first-order valence-corrected chi connectivity index (χ1v) is 3.96. The normalized spacial score (nSPS) is 27.8. The summed E-state index contributed by atoms with van der Waals surface area (Å²) in [7, 11) is 0. The summed E-state index contributed by atoms with van der Waals surface area (Å²) in [5.74, 6) is -7.72. The summed E-state index contributed by atoms with van der Waals surface area (Å²) in [5.41, 5.74) is 0. The highest BCUT2D eigenvalue weighted by Gasteiger charge is 2.62. The molecule has 0 N–H and O–H groups in total. The van der Waals surface area contributed by atoms with Gasteiger partial charge in [0.2, 0.25) is 0 Å². The van der Waals surface area contributed by atoms with Gasteiger partial charge in [-0.05, 0) is 0 Å². The van der Waals surface area contributed by atoms with Gasteiger partial charge in [0.1, 0.15) is 0 Å². The van der Waals surface area contributed by atoms with E-state index < -0.39 is 24.9 Å². The van der Waals surface area contributed by atoms with Crippen LogP contribution in [0.15, 0.2) is 0 Å². The molecule has 1 heterocycles. The topological polar surface area (TPSA) is 3.24 Å². The average molecular weight is 206 g/mol. The van der Waals surface area contributed by atoms with Gasteiger partial charge in [0.05, 0.1) is 13.1 Å². The van der Waals surface area contributed by atoms with Crippen molar-refractivity contribution >= 4 is 11.6 Å². The lowest BCUT2D eigenvalue weighted by molar-refractivity contribution is -0.172. The maximum Gasteiger partial charge on any atom is 0.323 e. The Morgan fingerprint density at radius 3 is 1.83 bits per heavy atom. The number of alkyl halides is 5. The zero-order valence-corrected chi connectivity index (χ0v) is 6.92.